The molecule has 0 fully saturated rings. The van der Waals surface area contributed by atoms with Crippen molar-refractivity contribution in [2.24, 2.45) is 0 Å². The molecule has 0 saturated heterocycles. The van der Waals surface area contributed by atoms with Crippen molar-refractivity contribution in [3.8, 4) is 0 Å². The fourth-order valence-electron chi connectivity index (χ4n) is 4.30. The molecule has 3 amide bonds. The number of carbonyl (C=O) groups is 4. The first-order chi connectivity index (χ1) is 20.1. The zero-order valence-electron chi connectivity index (χ0n) is 26.2. The molecule has 0 bridgehead atoms. The van der Waals surface area contributed by atoms with E-state index in [4.69, 9.17) is 9.47 Å². The number of hydrogen-bond donors (Lipinski definition) is 3. The molecule has 2 aromatic rings. The van der Waals surface area contributed by atoms with Gasteiger partial charge in [0.25, 0.3) is 0 Å². The molecular formula is C33H45N3O7. The van der Waals surface area contributed by atoms with Crippen LogP contribution in [0.3, 0.4) is 0 Å². The number of aliphatic hydroxyl groups excluding tert-OH is 1. The van der Waals surface area contributed by atoms with Gasteiger partial charge in [-0.3, -0.25) is 9.59 Å². The van der Waals surface area contributed by atoms with Gasteiger partial charge in [0.05, 0.1) is 6.61 Å². The highest BCUT2D eigenvalue weighted by atomic mass is 16.6. The quantitative estimate of drug-likeness (QED) is 0.314. The molecule has 0 saturated carbocycles. The van der Waals surface area contributed by atoms with Crippen molar-refractivity contribution in [3.05, 3.63) is 77.9 Å². The van der Waals surface area contributed by atoms with Gasteiger partial charge in [-0.15, -0.1) is 0 Å². The lowest BCUT2D eigenvalue weighted by Crippen LogP contribution is -2.55. The topological polar surface area (TPSA) is 134 Å². The number of ether oxygens (including phenoxy) is 2. The molecule has 0 aliphatic carbocycles. The molecule has 0 aromatic heterocycles. The van der Waals surface area contributed by atoms with Gasteiger partial charge in [0.1, 0.15) is 29.3 Å². The minimum Gasteiger partial charge on any atom is -0.458 e. The Morgan fingerprint density at radius 3 is 2.07 bits per heavy atom. The number of nitrogens with zero attached hydrogens (tertiary/aromatic N) is 1. The Hall–Kier alpha value is -4.18. The van der Waals surface area contributed by atoms with Crippen LogP contribution in [0.1, 0.15) is 71.2 Å². The molecule has 10 nitrogen and oxygen atoms in total. The molecule has 0 heterocycles. The second-order valence-electron chi connectivity index (χ2n) is 12.1. The molecule has 234 valence electrons. The minimum absolute atomic E-state index is 0.0392. The van der Waals surface area contributed by atoms with E-state index in [1.54, 1.807) is 78.8 Å². The summed E-state index contributed by atoms with van der Waals surface area (Å²) < 4.78 is 10.9. The van der Waals surface area contributed by atoms with Crippen molar-refractivity contribution in [2.45, 2.75) is 84.2 Å². The van der Waals surface area contributed by atoms with E-state index in [2.05, 4.69) is 17.2 Å². The number of rotatable bonds is 12. The summed E-state index contributed by atoms with van der Waals surface area (Å²) in [7, 11) is 0. The second-order valence-corrected chi connectivity index (χ2v) is 12.1. The number of likely N-dealkylation sites (N-methyl/N-ethyl adjacent to an activating group) is 1. The number of alkyl carbamates (subject to hydrolysis) is 1. The highest BCUT2D eigenvalue weighted by Crippen LogP contribution is 2.25. The number of benzene rings is 2. The molecule has 3 N–H and O–H groups in total. The zero-order chi connectivity index (χ0) is 32.4. The van der Waals surface area contributed by atoms with Crippen LogP contribution >= 0.6 is 0 Å². The highest BCUT2D eigenvalue weighted by Gasteiger charge is 2.37. The average molecular weight is 596 g/mol. The van der Waals surface area contributed by atoms with Crippen LogP contribution in [0, 0.1) is 0 Å². The second kappa shape index (κ2) is 15.3. The number of carbonyl (C=O) groups excluding carboxylic acids is 4. The van der Waals surface area contributed by atoms with Gasteiger partial charge < -0.3 is 30.1 Å². The molecule has 3 unspecified atom stereocenters. The summed E-state index contributed by atoms with van der Waals surface area (Å²) in [6.45, 7) is 15.0. The normalized spacial score (nSPS) is 13.6. The van der Waals surface area contributed by atoms with Crippen LogP contribution in [0.15, 0.2) is 61.2 Å². The lowest BCUT2D eigenvalue weighted by Gasteiger charge is -2.34. The van der Waals surface area contributed by atoms with Gasteiger partial charge in [0, 0.05) is 13.0 Å². The third kappa shape index (κ3) is 11.2. The standard InChI is InChI=1S/C33H45N3O7/c1-9-22-17-14-18-24(19-22)27(36(10-2)29(39)26(21-37)35-31(41)43-33(6,7)8)28(38)34-25(30(40)42-32(3,4)5)20-23-15-12-11-13-16-23/h9,11-19,25-27,37H,1,10,20-21H2,2-8H3,(H,34,38)(H,35,41). The summed E-state index contributed by atoms with van der Waals surface area (Å²) in [5.74, 6) is -1.98. The van der Waals surface area contributed by atoms with E-state index in [0.29, 0.717) is 11.1 Å². The summed E-state index contributed by atoms with van der Waals surface area (Å²) >= 11 is 0. The lowest BCUT2D eigenvalue weighted by molar-refractivity contribution is -0.159. The zero-order valence-corrected chi connectivity index (χ0v) is 26.2. The molecule has 0 aliphatic rings. The Morgan fingerprint density at radius 2 is 1.53 bits per heavy atom. The molecule has 0 spiro atoms. The number of esters is 1. The van der Waals surface area contributed by atoms with Crippen LogP contribution < -0.4 is 10.6 Å². The average Bonchev–Trinajstić information content (AvgIpc) is 2.92. The first-order valence-corrected chi connectivity index (χ1v) is 14.3. The van der Waals surface area contributed by atoms with E-state index in [0.717, 1.165) is 5.56 Å². The maximum absolute atomic E-state index is 14.1. The van der Waals surface area contributed by atoms with Crippen molar-refractivity contribution in [3.63, 3.8) is 0 Å². The number of hydrogen-bond acceptors (Lipinski definition) is 7. The summed E-state index contributed by atoms with van der Waals surface area (Å²) in [5, 5.41) is 15.3. The van der Waals surface area contributed by atoms with Gasteiger partial charge in [0.2, 0.25) is 11.8 Å². The Labute approximate surface area is 254 Å². The van der Waals surface area contributed by atoms with E-state index in [9.17, 15) is 24.3 Å². The summed E-state index contributed by atoms with van der Waals surface area (Å²) in [6.07, 6.45) is 0.870. The summed E-state index contributed by atoms with van der Waals surface area (Å²) in [6, 6.07) is 12.4. The van der Waals surface area contributed by atoms with Crippen molar-refractivity contribution in [1.82, 2.24) is 15.5 Å². The number of nitrogens with one attached hydrogen (secondary N) is 2. The van der Waals surface area contributed by atoms with Crippen LogP contribution in [0.4, 0.5) is 4.79 Å². The molecule has 43 heavy (non-hydrogen) atoms. The van der Waals surface area contributed by atoms with Crippen LogP contribution in [0.25, 0.3) is 6.08 Å². The monoisotopic (exact) mass is 595 g/mol. The van der Waals surface area contributed by atoms with E-state index in [1.807, 2.05) is 30.3 Å². The predicted molar refractivity (Wildman–Crippen MR) is 165 cm³/mol. The SMILES string of the molecule is C=Cc1cccc(C(C(=O)NC(Cc2ccccc2)C(=O)OC(C)(C)C)N(CC)C(=O)C(CO)NC(=O)OC(C)(C)C)c1. The van der Waals surface area contributed by atoms with Crippen molar-refractivity contribution in [2.75, 3.05) is 13.2 Å². The molecule has 0 aliphatic heterocycles. The van der Waals surface area contributed by atoms with Gasteiger partial charge in [-0.05, 0) is 71.2 Å². The molecule has 2 rings (SSSR count). The van der Waals surface area contributed by atoms with Crippen LogP contribution in [0.5, 0.6) is 0 Å². The Morgan fingerprint density at radius 1 is 0.907 bits per heavy atom. The third-order valence-electron chi connectivity index (χ3n) is 6.11. The largest absolute Gasteiger partial charge is 0.458 e. The molecule has 0 radical (unpaired) electrons. The molecule has 10 heteroatoms. The Balaban J connectivity index is 2.51. The first-order valence-electron chi connectivity index (χ1n) is 14.3. The fourth-order valence-corrected chi connectivity index (χ4v) is 4.30. The van der Waals surface area contributed by atoms with E-state index < -0.39 is 59.8 Å². The van der Waals surface area contributed by atoms with Crippen molar-refractivity contribution >= 4 is 30.0 Å². The number of aliphatic hydroxyl groups is 1. The van der Waals surface area contributed by atoms with E-state index in [-0.39, 0.29) is 13.0 Å². The van der Waals surface area contributed by atoms with Gasteiger partial charge >= 0.3 is 12.1 Å². The van der Waals surface area contributed by atoms with E-state index >= 15 is 0 Å². The van der Waals surface area contributed by atoms with Gasteiger partial charge in [-0.25, -0.2) is 9.59 Å². The minimum atomic E-state index is -1.39. The van der Waals surface area contributed by atoms with E-state index in [1.165, 1.54) is 4.90 Å². The van der Waals surface area contributed by atoms with Gasteiger partial charge in [-0.1, -0.05) is 61.2 Å². The van der Waals surface area contributed by atoms with Crippen LogP contribution in [-0.2, 0) is 30.3 Å². The summed E-state index contributed by atoms with van der Waals surface area (Å²) in [4.78, 5) is 54.9. The van der Waals surface area contributed by atoms with Crippen molar-refractivity contribution < 1.29 is 33.8 Å². The maximum Gasteiger partial charge on any atom is 0.408 e. The maximum atomic E-state index is 14.1. The Bertz CT molecular complexity index is 1270. The smallest absolute Gasteiger partial charge is 0.408 e. The highest BCUT2D eigenvalue weighted by molar-refractivity contribution is 5.94. The Kier molecular flexibility index (Phi) is 12.5. The summed E-state index contributed by atoms with van der Waals surface area (Å²) in [5.41, 5.74) is 0.315. The fraction of sp³-hybridized carbons (Fsp3) is 0.455. The third-order valence-corrected chi connectivity index (χ3v) is 6.11. The predicted octanol–water partition coefficient (Wildman–Crippen LogP) is 4.17. The van der Waals surface area contributed by atoms with Crippen molar-refractivity contribution in [1.29, 1.82) is 0 Å². The number of amides is 3. The first kappa shape index (κ1) is 35.0. The van der Waals surface area contributed by atoms with Gasteiger partial charge in [0.15, 0.2) is 0 Å². The van der Waals surface area contributed by atoms with Crippen LogP contribution in [0.2, 0.25) is 0 Å². The molecule has 2 aromatic carbocycles. The molecular weight excluding hydrogens is 550 g/mol. The molecule has 3 atom stereocenters. The van der Waals surface area contributed by atoms with Crippen LogP contribution in [-0.4, -0.2) is 70.3 Å². The van der Waals surface area contributed by atoms with Gasteiger partial charge in [-0.2, -0.15) is 0 Å². The lowest BCUT2D eigenvalue weighted by atomic mass is 9.99.